The zero-order chi connectivity index (χ0) is 37.5. The summed E-state index contributed by atoms with van der Waals surface area (Å²) in [7, 11) is 0. The van der Waals surface area contributed by atoms with Crippen LogP contribution in [0.5, 0.6) is 0 Å². The molecule has 2 aliphatic carbocycles. The molecule has 2 heterocycles. The molecule has 0 radical (unpaired) electrons. The summed E-state index contributed by atoms with van der Waals surface area (Å²) in [6, 6.07) is 10.7. The predicted molar refractivity (Wildman–Crippen MR) is 181 cm³/mol. The highest BCUT2D eigenvalue weighted by Crippen LogP contribution is 2.51. The molecule has 2 aromatic heterocycles. The molecule has 52 heavy (non-hydrogen) atoms. The molecule has 4 aromatic rings. The molecular formula is C35H35Cl2F6N5O4. The van der Waals surface area contributed by atoms with E-state index in [0.29, 0.717) is 35.5 Å². The van der Waals surface area contributed by atoms with E-state index in [2.05, 4.69) is 19.9 Å². The lowest BCUT2D eigenvalue weighted by atomic mass is 9.90. The van der Waals surface area contributed by atoms with Crippen molar-refractivity contribution in [2.75, 3.05) is 13.2 Å². The molecule has 2 aromatic carbocycles. The van der Waals surface area contributed by atoms with E-state index in [1.165, 1.54) is 43.0 Å². The lowest BCUT2D eigenvalue weighted by molar-refractivity contribution is -0.138. The summed E-state index contributed by atoms with van der Waals surface area (Å²) in [6.07, 6.45) is 0.367. The summed E-state index contributed by atoms with van der Waals surface area (Å²) in [4.78, 5) is 38.2. The van der Waals surface area contributed by atoms with Crippen molar-refractivity contribution >= 4 is 35.9 Å². The Morgan fingerprint density at radius 3 is 1.56 bits per heavy atom. The number of carbonyl (C=O) groups excluding carboxylic acids is 2. The van der Waals surface area contributed by atoms with E-state index in [4.69, 9.17) is 26.8 Å². The molecule has 0 saturated heterocycles. The number of hydrogen-bond acceptors (Lipinski definition) is 9. The van der Waals surface area contributed by atoms with E-state index >= 15 is 0 Å². The first-order valence-electron chi connectivity index (χ1n) is 15.8. The number of ether oxygens (including phenoxy) is 2. The van der Waals surface area contributed by atoms with Gasteiger partial charge in [-0.05, 0) is 80.5 Å². The fourth-order valence-corrected chi connectivity index (χ4v) is 4.97. The molecule has 2 saturated carbocycles. The molecule has 17 heteroatoms. The van der Waals surface area contributed by atoms with Crippen LogP contribution < -0.4 is 5.73 Å². The Kier molecular flexibility index (Phi) is 14.1. The molecule has 0 amide bonds. The van der Waals surface area contributed by atoms with E-state index < -0.39 is 41.0 Å². The van der Waals surface area contributed by atoms with Gasteiger partial charge in [0.2, 0.25) is 5.28 Å². The van der Waals surface area contributed by atoms with Gasteiger partial charge in [-0.1, -0.05) is 30.3 Å². The van der Waals surface area contributed by atoms with Crippen LogP contribution in [-0.4, -0.2) is 45.1 Å². The van der Waals surface area contributed by atoms with Gasteiger partial charge in [0, 0.05) is 42.2 Å². The number of rotatable bonds is 8. The van der Waals surface area contributed by atoms with Crippen LogP contribution in [0.25, 0.3) is 0 Å². The summed E-state index contributed by atoms with van der Waals surface area (Å²) in [6.45, 7) is 4.04. The fourth-order valence-electron chi connectivity index (χ4n) is 4.87. The Morgan fingerprint density at radius 1 is 0.731 bits per heavy atom. The number of benzene rings is 2. The van der Waals surface area contributed by atoms with Crippen molar-refractivity contribution in [3.05, 3.63) is 118 Å². The van der Waals surface area contributed by atoms with Crippen LogP contribution in [-0.2, 0) is 39.2 Å². The molecule has 6 rings (SSSR count). The maximum absolute atomic E-state index is 12.9. The number of carbonyl (C=O) groups is 2. The number of nitrogens with two attached hydrogens (primary N) is 1. The van der Waals surface area contributed by atoms with Gasteiger partial charge < -0.3 is 15.2 Å². The van der Waals surface area contributed by atoms with E-state index in [1.807, 2.05) is 0 Å². The number of esters is 2. The second kappa shape index (κ2) is 17.5. The Bertz CT molecular complexity index is 1780. The van der Waals surface area contributed by atoms with E-state index in [1.54, 1.807) is 26.0 Å². The maximum atomic E-state index is 12.9. The highest BCUT2D eigenvalue weighted by atomic mass is 35.5. The second-order valence-electron chi connectivity index (χ2n) is 11.8. The molecule has 0 atom stereocenters. The number of halogens is 8. The average Bonchev–Trinajstić information content (AvgIpc) is 4.04. The minimum absolute atomic E-state index is 0. The number of hydrogen-bond donors (Lipinski definition) is 1. The normalized spacial score (nSPS) is 15.0. The fraction of sp³-hybridized carbons (Fsp3) is 0.371. The van der Waals surface area contributed by atoms with Crippen molar-refractivity contribution in [3.8, 4) is 0 Å². The number of aromatic nitrogens is 4. The second-order valence-corrected chi connectivity index (χ2v) is 12.2. The van der Waals surface area contributed by atoms with Crippen molar-refractivity contribution in [2.24, 2.45) is 5.73 Å². The topological polar surface area (TPSA) is 130 Å². The van der Waals surface area contributed by atoms with Gasteiger partial charge in [-0.3, -0.25) is 0 Å². The quantitative estimate of drug-likeness (QED) is 0.107. The Morgan fingerprint density at radius 2 is 1.15 bits per heavy atom. The van der Waals surface area contributed by atoms with Crippen LogP contribution in [0.2, 0.25) is 5.28 Å². The minimum atomic E-state index is -4.36. The molecule has 280 valence electrons. The molecule has 2 N–H and O–H groups in total. The molecule has 0 spiro atoms. The molecular weight excluding hydrogens is 739 g/mol. The summed E-state index contributed by atoms with van der Waals surface area (Å²) >= 11 is 5.42. The van der Waals surface area contributed by atoms with Gasteiger partial charge in [-0.2, -0.15) is 26.3 Å². The Balaban J connectivity index is 0.000000229. The predicted octanol–water partition coefficient (Wildman–Crippen LogP) is 8.33. The summed E-state index contributed by atoms with van der Waals surface area (Å²) < 4.78 is 85.3. The van der Waals surface area contributed by atoms with Crippen molar-refractivity contribution in [1.82, 2.24) is 19.9 Å². The zero-order valence-corrected chi connectivity index (χ0v) is 29.5. The van der Waals surface area contributed by atoms with E-state index in [0.717, 1.165) is 43.9 Å². The SMILES string of the molecule is CCOC(=O)c1cnc(CC2(c3cccc(C(F)(F)F)c3)CC2)nc1.CCOC(=O)c1cnc(Cl)nc1.Cl.NC1(c2cccc(C(F)(F)F)c2)CC1. The summed E-state index contributed by atoms with van der Waals surface area (Å²) in [5.41, 5.74) is 5.51. The third-order valence-electron chi connectivity index (χ3n) is 8.05. The van der Waals surface area contributed by atoms with Crippen LogP contribution >= 0.6 is 24.0 Å². The average molecular weight is 775 g/mol. The van der Waals surface area contributed by atoms with Gasteiger partial charge in [0.25, 0.3) is 0 Å². The third-order valence-corrected chi connectivity index (χ3v) is 8.25. The number of nitrogens with zero attached hydrogens (tertiary/aromatic N) is 4. The van der Waals surface area contributed by atoms with Gasteiger partial charge in [-0.25, -0.2) is 29.5 Å². The molecule has 0 unspecified atom stereocenters. The largest absolute Gasteiger partial charge is 0.462 e. The first-order valence-corrected chi connectivity index (χ1v) is 16.1. The van der Waals surface area contributed by atoms with Crippen LogP contribution in [0.15, 0.2) is 73.3 Å². The van der Waals surface area contributed by atoms with Crippen LogP contribution in [0.4, 0.5) is 26.3 Å². The van der Waals surface area contributed by atoms with Gasteiger partial charge >= 0.3 is 24.3 Å². The summed E-state index contributed by atoms with van der Waals surface area (Å²) in [5, 5.41) is 0.114. The van der Waals surface area contributed by atoms with Gasteiger partial charge in [0.15, 0.2) is 0 Å². The lowest BCUT2D eigenvalue weighted by Crippen LogP contribution is -2.19. The standard InChI is InChI=1S/C18H17F3N2O2.C10H10F3N.C7H7ClN2O2.ClH/c1-2-25-16(24)12-10-22-15(23-11-12)9-17(6-7-17)13-4-3-5-14(8-13)18(19,20)21;11-10(12,13)8-3-1-2-7(6-8)9(14)4-5-9;1-2-12-6(11)5-3-9-7(8)10-4-5;/h3-5,8,10-11H,2,6-7,9H2,1H3;1-3,6H,4-5,14H2;3-4H,2H2,1H3;1H. The van der Waals surface area contributed by atoms with Gasteiger partial charge in [0.1, 0.15) is 5.82 Å². The van der Waals surface area contributed by atoms with Crippen molar-refractivity contribution < 1.29 is 45.4 Å². The minimum Gasteiger partial charge on any atom is -0.462 e. The molecule has 9 nitrogen and oxygen atoms in total. The van der Waals surface area contributed by atoms with Crippen LogP contribution in [0, 0.1) is 0 Å². The van der Waals surface area contributed by atoms with Crippen molar-refractivity contribution in [2.45, 2.75) is 69.3 Å². The smallest absolute Gasteiger partial charge is 0.416 e. The highest BCUT2D eigenvalue weighted by molar-refractivity contribution is 6.28. The van der Waals surface area contributed by atoms with Crippen molar-refractivity contribution in [3.63, 3.8) is 0 Å². The Labute approximate surface area is 306 Å². The van der Waals surface area contributed by atoms with Gasteiger partial charge in [0.05, 0.1) is 35.5 Å². The first kappa shape index (κ1) is 42.1. The van der Waals surface area contributed by atoms with Gasteiger partial charge in [-0.15, -0.1) is 12.4 Å². The number of alkyl halides is 6. The third kappa shape index (κ3) is 11.6. The molecule has 0 aliphatic heterocycles. The molecule has 2 fully saturated rings. The van der Waals surface area contributed by atoms with Crippen molar-refractivity contribution in [1.29, 1.82) is 0 Å². The highest BCUT2D eigenvalue weighted by Gasteiger charge is 2.46. The van der Waals surface area contributed by atoms with Crippen LogP contribution in [0.1, 0.15) is 88.3 Å². The molecule has 2 aliphatic rings. The lowest BCUT2D eigenvalue weighted by Gasteiger charge is -2.17. The maximum Gasteiger partial charge on any atom is 0.416 e. The zero-order valence-electron chi connectivity index (χ0n) is 27.9. The van der Waals surface area contributed by atoms with Crippen LogP contribution in [0.3, 0.4) is 0 Å². The Hall–Kier alpha value is -4.34. The monoisotopic (exact) mass is 773 g/mol. The van der Waals surface area contributed by atoms with E-state index in [-0.39, 0.29) is 35.3 Å². The van der Waals surface area contributed by atoms with E-state index in [9.17, 15) is 35.9 Å². The molecule has 0 bridgehead atoms. The summed E-state index contributed by atoms with van der Waals surface area (Å²) in [5.74, 6) is -0.426. The first-order chi connectivity index (χ1) is 24.0.